The zero-order valence-corrected chi connectivity index (χ0v) is 6.28. The third-order valence-electron chi connectivity index (χ3n) is 1.10. The van der Waals surface area contributed by atoms with Crippen LogP contribution in [0, 0.1) is 0 Å². The average Bonchev–Trinajstić information content (AvgIpc) is 2.05. The average molecular weight is 158 g/mol. The Balaban J connectivity index is 2.80. The standard InChI is InChI=1S/C6H7FN2S/c1-8-5-2-3-6(10-7)9-4-5/h2-4,8H,1H3. The van der Waals surface area contributed by atoms with E-state index in [1.165, 1.54) is 0 Å². The minimum atomic E-state index is 0.149. The summed E-state index contributed by atoms with van der Waals surface area (Å²) in [5, 5.41) is 3.27. The predicted octanol–water partition coefficient (Wildman–Crippen LogP) is 2.10. The van der Waals surface area contributed by atoms with Crippen LogP contribution in [0.2, 0.25) is 0 Å². The number of halogens is 1. The van der Waals surface area contributed by atoms with Crippen molar-refractivity contribution in [1.82, 2.24) is 4.98 Å². The van der Waals surface area contributed by atoms with Crippen LogP contribution in [0.5, 0.6) is 0 Å². The van der Waals surface area contributed by atoms with Crippen molar-refractivity contribution >= 4 is 17.8 Å². The zero-order valence-electron chi connectivity index (χ0n) is 5.47. The van der Waals surface area contributed by atoms with E-state index < -0.39 is 0 Å². The molecule has 0 aromatic carbocycles. The lowest BCUT2D eigenvalue weighted by atomic mass is 10.4. The quantitative estimate of drug-likeness (QED) is 0.713. The molecule has 0 amide bonds. The number of hydrogen-bond donors (Lipinski definition) is 1. The monoisotopic (exact) mass is 158 g/mol. The van der Waals surface area contributed by atoms with E-state index in [1.54, 1.807) is 25.4 Å². The van der Waals surface area contributed by atoms with Crippen LogP contribution < -0.4 is 5.32 Å². The zero-order chi connectivity index (χ0) is 7.40. The van der Waals surface area contributed by atoms with E-state index in [0.717, 1.165) is 5.69 Å². The number of nitrogens with one attached hydrogen (secondary N) is 1. The van der Waals surface area contributed by atoms with Gasteiger partial charge in [0.1, 0.15) is 17.2 Å². The van der Waals surface area contributed by atoms with Crippen LogP contribution in [-0.2, 0) is 0 Å². The molecule has 4 heteroatoms. The fourth-order valence-electron chi connectivity index (χ4n) is 0.574. The van der Waals surface area contributed by atoms with Crippen LogP contribution in [0.1, 0.15) is 0 Å². The van der Waals surface area contributed by atoms with Gasteiger partial charge >= 0.3 is 0 Å². The number of rotatable bonds is 2. The third-order valence-corrected chi connectivity index (χ3v) is 1.50. The largest absolute Gasteiger partial charge is 0.387 e. The molecule has 1 N–H and O–H groups in total. The predicted molar refractivity (Wildman–Crippen MR) is 40.7 cm³/mol. The Morgan fingerprint density at radius 2 is 2.40 bits per heavy atom. The van der Waals surface area contributed by atoms with Gasteiger partial charge in [0.2, 0.25) is 0 Å². The highest BCUT2D eigenvalue weighted by atomic mass is 32.2. The molecule has 0 aliphatic rings. The van der Waals surface area contributed by atoms with Gasteiger partial charge in [-0.2, -0.15) is 3.89 Å². The van der Waals surface area contributed by atoms with Crippen molar-refractivity contribution in [3.05, 3.63) is 18.3 Å². The Kier molecular flexibility index (Phi) is 2.50. The molecule has 1 rings (SSSR count). The highest BCUT2D eigenvalue weighted by Crippen LogP contribution is 2.16. The molecule has 54 valence electrons. The lowest BCUT2D eigenvalue weighted by molar-refractivity contribution is 0.919. The van der Waals surface area contributed by atoms with Crippen LogP contribution in [0.4, 0.5) is 9.57 Å². The van der Waals surface area contributed by atoms with E-state index in [9.17, 15) is 3.89 Å². The number of nitrogens with zero attached hydrogens (tertiary/aromatic N) is 1. The van der Waals surface area contributed by atoms with Crippen molar-refractivity contribution < 1.29 is 3.89 Å². The van der Waals surface area contributed by atoms with Crippen LogP contribution in [0.3, 0.4) is 0 Å². The van der Waals surface area contributed by atoms with Crippen molar-refractivity contribution in [3.63, 3.8) is 0 Å². The first-order chi connectivity index (χ1) is 4.86. The number of anilines is 1. The summed E-state index contributed by atoms with van der Waals surface area (Å²) in [7, 11) is 1.79. The van der Waals surface area contributed by atoms with E-state index in [1.807, 2.05) is 0 Å². The van der Waals surface area contributed by atoms with Gasteiger partial charge in [0.15, 0.2) is 0 Å². The van der Waals surface area contributed by atoms with E-state index in [0.29, 0.717) is 5.03 Å². The lowest BCUT2D eigenvalue weighted by Crippen LogP contribution is -1.88. The van der Waals surface area contributed by atoms with Crippen molar-refractivity contribution in [2.45, 2.75) is 5.03 Å². The first-order valence-corrected chi connectivity index (χ1v) is 3.51. The second-order valence-corrected chi connectivity index (χ2v) is 2.28. The molecule has 1 aromatic rings. The summed E-state index contributed by atoms with van der Waals surface area (Å²) >= 11 is 0.149. The van der Waals surface area contributed by atoms with Crippen LogP contribution in [-0.4, -0.2) is 12.0 Å². The molecule has 0 saturated heterocycles. The summed E-state index contributed by atoms with van der Waals surface area (Å²) in [6.07, 6.45) is 1.59. The number of pyridine rings is 1. The van der Waals surface area contributed by atoms with Crippen LogP contribution >= 0.6 is 12.1 Å². The van der Waals surface area contributed by atoms with Gasteiger partial charge in [0.05, 0.1) is 11.9 Å². The van der Waals surface area contributed by atoms with Gasteiger partial charge in [-0.3, -0.25) is 0 Å². The first-order valence-electron chi connectivity index (χ1n) is 2.79. The maximum absolute atomic E-state index is 11.8. The van der Waals surface area contributed by atoms with Gasteiger partial charge in [-0.05, 0) is 12.1 Å². The highest BCUT2D eigenvalue weighted by Gasteiger charge is 1.92. The van der Waals surface area contributed by atoms with Crippen LogP contribution in [0.15, 0.2) is 23.4 Å². The number of hydrogen-bond acceptors (Lipinski definition) is 3. The third kappa shape index (κ3) is 1.60. The van der Waals surface area contributed by atoms with Crippen molar-refractivity contribution in [2.24, 2.45) is 0 Å². The molecule has 0 atom stereocenters. The molecule has 0 unspecified atom stereocenters. The molecule has 0 aliphatic carbocycles. The summed E-state index contributed by atoms with van der Waals surface area (Å²) in [6.45, 7) is 0. The Hall–Kier alpha value is -0.770. The van der Waals surface area contributed by atoms with Gasteiger partial charge < -0.3 is 5.32 Å². The Morgan fingerprint density at radius 1 is 1.60 bits per heavy atom. The topological polar surface area (TPSA) is 24.9 Å². The van der Waals surface area contributed by atoms with Gasteiger partial charge in [0.25, 0.3) is 0 Å². The summed E-state index contributed by atoms with van der Waals surface area (Å²) < 4.78 is 11.8. The summed E-state index contributed by atoms with van der Waals surface area (Å²) in [5.74, 6) is 0. The molecule has 0 radical (unpaired) electrons. The van der Waals surface area contributed by atoms with Crippen molar-refractivity contribution in [1.29, 1.82) is 0 Å². The van der Waals surface area contributed by atoms with Crippen molar-refractivity contribution in [2.75, 3.05) is 12.4 Å². The molecule has 0 fully saturated rings. The van der Waals surface area contributed by atoms with Crippen LogP contribution in [0.25, 0.3) is 0 Å². The smallest absolute Gasteiger partial charge is 0.129 e. The van der Waals surface area contributed by atoms with E-state index in [2.05, 4.69) is 10.3 Å². The second kappa shape index (κ2) is 3.41. The van der Waals surface area contributed by atoms with E-state index >= 15 is 0 Å². The maximum Gasteiger partial charge on any atom is 0.129 e. The number of aromatic nitrogens is 1. The van der Waals surface area contributed by atoms with Gasteiger partial charge in [0, 0.05) is 7.05 Å². The SMILES string of the molecule is CNc1ccc(SF)nc1. The molecule has 0 bridgehead atoms. The normalized spacial score (nSPS) is 9.40. The van der Waals surface area contributed by atoms with Gasteiger partial charge in [-0.25, -0.2) is 4.98 Å². The first kappa shape index (κ1) is 7.34. The Labute approximate surface area is 63.1 Å². The van der Waals surface area contributed by atoms with Gasteiger partial charge in [-0.1, -0.05) is 0 Å². The molecule has 1 heterocycles. The fourth-order valence-corrected chi connectivity index (χ4v) is 0.786. The van der Waals surface area contributed by atoms with Crippen molar-refractivity contribution in [3.8, 4) is 0 Å². The lowest BCUT2D eigenvalue weighted by Gasteiger charge is -1.96. The fraction of sp³-hybridized carbons (Fsp3) is 0.167. The Bertz CT molecular complexity index is 176. The molecule has 2 nitrogen and oxygen atoms in total. The molecule has 0 saturated carbocycles. The van der Waals surface area contributed by atoms with E-state index in [4.69, 9.17) is 0 Å². The summed E-state index contributed by atoms with van der Waals surface area (Å²) in [6, 6.07) is 3.39. The molecule has 0 aliphatic heterocycles. The summed E-state index contributed by atoms with van der Waals surface area (Å²) in [5.41, 5.74) is 0.887. The molecular weight excluding hydrogens is 151 g/mol. The van der Waals surface area contributed by atoms with Gasteiger partial charge in [-0.15, -0.1) is 0 Å². The Morgan fingerprint density at radius 3 is 2.80 bits per heavy atom. The second-order valence-electron chi connectivity index (χ2n) is 1.71. The minimum absolute atomic E-state index is 0.149. The summed E-state index contributed by atoms with van der Waals surface area (Å²) in [4.78, 5) is 3.79. The minimum Gasteiger partial charge on any atom is -0.387 e. The highest BCUT2D eigenvalue weighted by molar-refractivity contribution is 7.94. The molecule has 10 heavy (non-hydrogen) atoms. The van der Waals surface area contributed by atoms with E-state index in [-0.39, 0.29) is 12.1 Å². The molecule has 0 spiro atoms. The molecule has 1 aromatic heterocycles. The molecular formula is C6H7FN2S. The maximum atomic E-state index is 11.8.